The largest absolute Gasteiger partial charge is 0.494 e. The Hall–Kier alpha value is -4.00. The van der Waals surface area contributed by atoms with Crippen molar-refractivity contribution in [1.82, 2.24) is 4.57 Å². The zero-order valence-corrected chi connectivity index (χ0v) is 18.1. The zero-order valence-electron chi connectivity index (χ0n) is 18.1. The number of carbonyl (C=O) groups is 1. The summed E-state index contributed by atoms with van der Waals surface area (Å²) in [5.74, 6) is 0.410. The molecule has 0 saturated carbocycles. The van der Waals surface area contributed by atoms with Crippen LogP contribution in [0, 0.1) is 0 Å². The van der Waals surface area contributed by atoms with Crippen LogP contribution in [0.25, 0.3) is 22.6 Å². The van der Waals surface area contributed by atoms with E-state index in [1.807, 2.05) is 60.8 Å². The number of fused-ring (bicyclic) bond motifs is 2. The topological polar surface area (TPSA) is 43.3 Å². The highest BCUT2D eigenvalue weighted by atomic mass is 19.4. The lowest BCUT2D eigenvalue weighted by molar-refractivity contribution is -0.137. The number of aromatic nitrogens is 1. The lowest BCUT2D eigenvalue weighted by Gasteiger charge is -2.08. The Morgan fingerprint density at radius 3 is 2.53 bits per heavy atom. The van der Waals surface area contributed by atoms with E-state index in [1.54, 1.807) is 6.08 Å². The fraction of sp³-hybridized carbons (Fsp3) is 0.148. The Balaban J connectivity index is 1.41. The number of amides is 1. The Morgan fingerprint density at radius 1 is 0.971 bits per heavy atom. The predicted octanol–water partition coefficient (Wildman–Crippen LogP) is 6.62. The van der Waals surface area contributed by atoms with Gasteiger partial charge in [-0.05, 0) is 42.8 Å². The number of benzene rings is 3. The van der Waals surface area contributed by atoms with Gasteiger partial charge in [0.05, 0.1) is 12.2 Å². The third-order valence-corrected chi connectivity index (χ3v) is 5.80. The summed E-state index contributed by atoms with van der Waals surface area (Å²) in [6.07, 6.45) is 0.0280. The standard InChI is InChI=1S/C27H21F3N2O2/c28-27(29,30)19-11-12-22-23(26(33)31-24(22)16-19)15-18-17-32(25-10-5-4-9-21(18)25)13-6-14-34-20-7-2-1-3-8-20/h1-5,7-12,15-17H,6,13-14H2,(H,31,33)/b23-15+. The van der Waals surface area contributed by atoms with Gasteiger partial charge in [-0.1, -0.05) is 42.5 Å². The van der Waals surface area contributed by atoms with Crippen LogP contribution in [0.4, 0.5) is 18.9 Å². The van der Waals surface area contributed by atoms with E-state index in [0.29, 0.717) is 24.3 Å². The summed E-state index contributed by atoms with van der Waals surface area (Å²) in [7, 11) is 0. The van der Waals surface area contributed by atoms with Crippen molar-refractivity contribution in [1.29, 1.82) is 0 Å². The number of anilines is 1. The number of aryl methyl sites for hydroxylation is 1. The molecular formula is C27H21F3N2O2. The molecule has 3 aromatic carbocycles. The van der Waals surface area contributed by atoms with Crippen molar-refractivity contribution in [2.24, 2.45) is 0 Å². The molecule has 0 unspecified atom stereocenters. The highest BCUT2D eigenvalue weighted by molar-refractivity contribution is 6.35. The molecule has 1 aliphatic heterocycles. The summed E-state index contributed by atoms with van der Waals surface area (Å²) in [6, 6.07) is 20.8. The minimum absolute atomic E-state index is 0.174. The minimum atomic E-state index is -4.47. The van der Waals surface area contributed by atoms with Crippen molar-refractivity contribution in [3.63, 3.8) is 0 Å². The van der Waals surface area contributed by atoms with E-state index in [0.717, 1.165) is 40.8 Å². The maximum atomic E-state index is 13.1. The SMILES string of the molecule is O=C1Nc2cc(C(F)(F)F)ccc2/C1=C\c1cn(CCCOc2ccccc2)c2ccccc12. The van der Waals surface area contributed by atoms with Crippen LogP contribution in [0.5, 0.6) is 5.75 Å². The van der Waals surface area contributed by atoms with E-state index in [-0.39, 0.29) is 5.69 Å². The molecule has 0 fully saturated rings. The van der Waals surface area contributed by atoms with Gasteiger partial charge < -0.3 is 14.6 Å². The summed E-state index contributed by atoms with van der Waals surface area (Å²) in [5, 5.41) is 3.53. The monoisotopic (exact) mass is 462 g/mol. The number of halogens is 3. The molecule has 172 valence electrons. The van der Waals surface area contributed by atoms with Gasteiger partial charge in [0.25, 0.3) is 5.91 Å². The molecule has 4 aromatic rings. The third-order valence-electron chi connectivity index (χ3n) is 5.80. The second-order valence-corrected chi connectivity index (χ2v) is 8.08. The molecule has 1 aliphatic rings. The molecule has 5 rings (SSSR count). The van der Waals surface area contributed by atoms with Crippen LogP contribution in [-0.4, -0.2) is 17.1 Å². The molecule has 0 atom stereocenters. The van der Waals surface area contributed by atoms with Gasteiger partial charge in [0.1, 0.15) is 5.75 Å². The fourth-order valence-electron chi connectivity index (χ4n) is 4.19. The average molecular weight is 462 g/mol. The van der Waals surface area contributed by atoms with E-state index in [9.17, 15) is 18.0 Å². The van der Waals surface area contributed by atoms with Crippen molar-refractivity contribution in [3.8, 4) is 5.75 Å². The maximum Gasteiger partial charge on any atom is 0.416 e. The van der Waals surface area contributed by atoms with Gasteiger partial charge in [0, 0.05) is 46.0 Å². The number of rotatable bonds is 6. The van der Waals surface area contributed by atoms with Crippen molar-refractivity contribution in [2.45, 2.75) is 19.1 Å². The lowest BCUT2D eigenvalue weighted by Crippen LogP contribution is -2.06. The molecule has 0 aliphatic carbocycles. The van der Waals surface area contributed by atoms with Crippen molar-refractivity contribution in [3.05, 3.63) is 95.7 Å². The number of ether oxygens (including phenoxy) is 1. The first-order valence-corrected chi connectivity index (χ1v) is 10.9. The van der Waals surface area contributed by atoms with E-state index in [2.05, 4.69) is 9.88 Å². The Bertz CT molecular complexity index is 1390. The van der Waals surface area contributed by atoms with Crippen LogP contribution in [-0.2, 0) is 17.5 Å². The summed E-state index contributed by atoms with van der Waals surface area (Å²) < 4.78 is 47.1. The highest BCUT2D eigenvalue weighted by Crippen LogP contribution is 2.39. The van der Waals surface area contributed by atoms with Gasteiger partial charge in [-0.15, -0.1) is 0 Å². The van der Waals surface area contributed by atoms with E-state index in [1.165, 1.54) is 6.07 Å². The van der Waals surface area contributed by atoms with Crippen molar-refractivity contribution >= 4 is 34.1 Å². The molecule has 0 radical (unpaired) electrons. The first kappa shape index (κ1) is 21.8. The summed E-state index contributed by atoms with van der Waals surface area (Å²) in [6.45, 7) is 1.28. The van der Waals surface area contributed by atoms with Crippen LogP contribution in [0.15, 0.2) is 79.0 Å². The van der Waals surface area contributed by atoms with Gasteiger partial charge in [-0.3, -0.25) is 4.79 Å². The molecule has 0 saturated heterocycles. The van der Waals surface area contributed by atoms with Gasteiger partial charge in [0.15, 0.2) is 0 Å². The molecule has 7 heteroatoms. The Labute approximate surface area is 194 Å². The number of hydrogen-bond donors (Lipinski definition) is 1. The smallest absolute Gasteiger partial charge is 0.416 e. The Morgan fingerprint density at radius 2 is 1.74 bits per heavy atom. The first-order chi connectivity index (χ1) is 16.4. The van der Waals surface area contributed by atoms with Gasteiger partial charge in [-0.2, -0.15) is 13.2 Å². The second-order valence-electron chi connectivity index (χ2n) is 8.08. The number of nitrogens with zero attached hydrogens (tertiary/aromatic N) is 1. The normalized spacial score (nSPS) is 14.4. The molecular weight excluding hydrogens is 441 g/mol. The molecule has 1 amide bonds. The second kappa shape index (κ2) is 8.74. The fourth-order valence-corrected chi connectivity index (χ4v) is 4.19. The first-order valence-electron chi connectivity index (χ1n) is 10.9. The molecule has 1 N–H and O–H groups in total. The van der Waals surface area contributed by atoms with Crippen LogP contribution >= 0.6 is 0 Å². The van der Waals surface area contributed by atoms with Crippen LogP contribution in [0.3, 0.4) is 0 Å². The van der Waals surface area contributed by atoms with Crippen LogP contribution < -0.4 is 10.1 Å². The molecule has 4 nitrogen and oxygen atoms in total. The minimum Gasteiger partial charge on any atom is -0.494 e. The van der Waals surface area contributed by atoms with Crippen LogP contribution in [0.1, 0.15) is 23.1 Å². The quantitative estimate of drug-likeness (QED) is 0.258. The highest BCUT2D eigenvalue weighted by Gasteiger charge is 2.33. The predicted molar refractivity (Wildman–Crippen MR) is 126 cm³/mol. The number of para-hydroxylation sites is 2. The number of hydrogen-bond acceptors (Lipinski definition) is 2. The van der Waals surface area contributed by atoms with Gasteiger partial charge >= 0.3 is 6.18 Å². The maximum absolute atomic E-state index is 13.1. The van der Waals surface area contributed by atoms with E-state index < -0.39 is 17.6 Å². The number of alkyl halides is 3. The molecule has 34 heavy (non-hydrogen) atoms. The molecule has 0 spiro atoms. The summed E-state index contributed by atoms with van der Waals surface area (Å²) in [5.41, 5.74) is 2.04. The van der Waals surface area contributed by atoms with Crippen LogP contribution in [0.2, 0.25) is 0 Å². The Kier molecular flexibility index (Phi) is 5.61. The molecule has 0 bridgehead atoms. The average Bonchev–Trinajstić information content (AvgIpc) is 3.34. The van der Waals surface area contributed by atoms with Gasteiger partial charge in [-0.25, -0.2) is 0 Å². The third kappa shape index (κ3) is 4.29. The molecule has 2 heterocycles. The molecule has 1 aromatic heterocycles. The lowest BCUT2D eigenvalue weighted by atomic mass is 10.0. The number of nitrogens with one attached hydrogen (secondary N) is 1. The van der Waals surface area contributed by atoms with Gasteiger partial charge in [0.2, 0.25) is 0 Å². The van der Waals surface area contributed by atoms with Crippen molar-refractivity contribution < 1.29 is 22.7 Å². The van der Waals surface area contributed by atoms with E-state index in [4.69, 9.17) is 4.74 Å². The zero-order chi connectivity index (χ0) is 23.7. The van der Waals surface area contributed by atoms with Crippen molar-refractivity contribution in [2.75, 3.05) is 11.9 Å². The van der Waals surface area contributed by atoms with E-state index >= 15 is 0 Å². The summed E-state index contributed by atoms with van der Waals surface area (Å²) in [4.78, 5) is 12.6. The summed E-state index contributed by atoms with van der Waals surface area (Å²) >= 11 is 0. The number of carbonyl (C=O) groups excluding carboxylic acids is 1.